The number of nitrogens with two attached hydrogens (primary N) is 1. The predicted molar refractivity (Wildman–Crippen MR) is 109 cm³/mol. The molecule has 5 N–H and O–H groups in total. The number of imidazole rings is 1. The van der Waals surface area contributed by atoms with Gasteiger partial charge in [-0.1, -0.05) is 0 Å². The Kier molecular flexibility index (Phi) is 7.98. The van der Waals surface area contributed by atoms with Crippen molar-refractivity contribution in [2.45, 2.75) is 13.3 Å². The van der Waals surface area contributed by atoms with Crippen LogP contribution in [0.1, 0.15) is 12.1 Å². The van der Waals surface area contributed by atoms with E-state index in [1.807, 2.05) is 26.1 Å². The summed E-state index contributed by atoms with van der Waals surface area (Å²) in [5, 5.41) is 17.9. The zero-order valence-corrected chi connectivity index (χ0v) is 16.5. The summed E-state index contributed by atoms with van der Waals surface area (Å²) in [5.41, 5.74) is 8.71. The largest absolute Gasteiger partial charge is 0.492 e. The van der Waals surface area contributed by atoms with Gasteiger partial charge in [-0.2, -0.15) is 0 Å². The molecule has 3 aromatic rings. The number of methoxy groups -OCH3 is 1. The maximum Gasteiger partial charge on any atom is 0.290 e. The molecular weight excluding hydrogens is 378 g/mol. The van der Waals surface area contributed by atoms with Gasteiger partial charge in [0.05, 0.1) is 37.5 Å². The Morgan fingerprint density at radius 2 is 2.03 bits per heavy atom. The van der Waals surface area contributed by atoms with Crippen LogP contribution in [0.15, 0.2) is 24.5 Å². The van der Waals surface area contributed by atoms with Gasteiger partial charge < -0.3 is 30.9 Å². The minimum absolute atomic E-state index is 0.250. The molecule has 0 bridgehead atoms. The number of rotatable bonds is 8. The summed E-state index contributed by atoms with van der Waals surface area (Å²) < 4.78 is 12.8. The number of aryl methyl sites for hydroxylation is 1. The Morgan fingerprint density at radius 1 is 1.28 bits per heavy atom. The van der Waals surface area contributed by atoms with E-state index < -0.39 is 0 Å². The highest BCUT2D eigenvalue weighted by Crippen LogP contribution is 2.30. The highest BCUT2D eigenvalue weighted by molar-refractivity contribution is 5.73. The maximum absolute atomic E-state index is 8.36. The highest BCUT2D eigenvalue weighted by atomic mass is 16.5. The number of pyridine rings is 1. The molecule has 0 aliphatic carbocycles. The van der Waals surface area contributed by atoms with Crippen LogP contribution in [0.5, 0.6) is 11.6 Å². The fraction of sp³-hybridized carbons (Fsp3) is 0.333. The summed E-state index contributed by atoms with van der Waals surface area (Å²) in [7, 11) is 3.41. The van der Waals surface area contributed by atoms with E-state index in [1.54, 1.807) is 24.0 Å². The van der Waals surface area contributed by atoms with Crippen molar-refractivity contribution in [2.24, 2.45) is 5.73 Å². The minimum Gasteiger partial charge on any atom is -0.492 e. The summed E-state index contributed by atoms with van der Waals surface area (Å²) in [5.74, 6) is 1.71. The summed E-state index contributed by atoms with van der Waals surface area (Å²) >= 11 is 0. The lowest BCUT2D eigenvalue weighted by atomic mass is 10.3. The van der Waals surface area contributed by atoms with E-state index >= 15 is 0 Å². The van der Waals surface area contributed by atoms with E-state index in [0.29, 0.717) is 36.3 Å². The Balaban J connectivity index is 0.000000941. The fourth-order valence-corrected chi connectivity index (χ4v) is 2.50. The van der Waals surface area contributed by atoms with Crippen molar-refractivity contribution in [2.75, 3.05) is 37.9 Å². The smallest absolute Gasteiger partial charge is 0.290 e. The standard InChI is InChI=1S/C17H23N7O2.CH2O2/c1-11-9-20-16-13(19-2)8-15(23-24(11)16)22-14-7-12(26-6-4-5-18)10-21-17(14)25-3;2-1-3/h7-10,19H,4-6,18H2,1-3H3,(H,22,23);1H,(H,2,3). The van der Waals surface area contributed by atoms with E-state index in [0.717, 1.165) is 23.4 Å². The fourth-order valence-electron chi connectivity index (χ4n) is 2.50. The molecule has 0 atom stereocenters. The summed E-state index contributed by atoms with van der Waals surface area (Å²) in [4.78, 5) is 17.0. The topological polar surface area (TPSA) is 149 Å². The highest BCUT2D eigenvalue weighted by Gasteiger charge is 2.12. The number of anilines is 3. The minimum atomic E-state index is -0.250. The van der Waals surface area contributed by atoms with Crippen LogP contribution in [0, 0.1) is 6.92 Å². The number of fused-ring (bicyclic) bond motifs is 1. The molecule has 11 nitrogen and oxygen atoms in total. The van der Waals surface area contributed by atoms with Crippen molar-refractivity contribution < 1.29 is 19.4 Å². The number of hydrogen-bond acceptors (Lipinski definition) is 9. The number of carboxylic acid groups (broad SMARTS) is 1. The molecule has 0 saturated heterocycles. The normalized spacial score (nSPS) is 10.1. The second kappa shape index (κ2) is 10.7. The van der Waals surface area contributed by atoms with Crippen molar-refractivity contribution in [3.8, 4) is 11.6 Å². The van der Waals surface area contributed by atoms with E-state index in [9.17, 15) is 0 Å². The van der Waals surface area contributed by atoms with Crippen LogP contribution in [0.3, 0.4) is 0 Å². The summed E-state index contributed by atoms with van der Waals surface area (Å²) in [6.45, 7) is 2.81. The molecule has 3 aromatic heterocycles. The molecule has 11 heteroatoms. The molecule has 0 aromatic carbocycles. The van der Waals surface area contributed by atoms with Gasteiger partial charge in [-0.3, -0.25) is 4.79 Å². The zero-order chi connectivity index (χ0) is 21.2. The van der Waals surface area contributed by atoms with Crippen molar-refractivity contribution in [3.63, 3.8) is 0 Å². The first-order valence-corrected chi connectivity index (χ1v) is 8.82. The SMILES string of the molecule is CNc1cc(Nc2cc(OCCCN)cnc2OC)nn2c(C)cnc12.O=CO. The van der Waals surface area contributed by atoms with Crippen molar-refractivity contribution in [1.82, 2.24) is 19.6 Å². The number of hydrogen-bond donors (Lipinski definition) is 4. The van der Waals surface area contributed by atoms with Gasteiger partial charge in [-0.25, -0.2) is 14.5 Å². The van der Waals surface area contributed by atoms with Gasteiger partial charge >= 0.3 is 0 Å². The van der Waals surface area contributed by atoms with Crippen LogP contribution >= 0.6 is 0 Å². The van der Waals surface area contributed by atoms with E-state index in [2.05, 4.69) is 25.7 Å². The Hall–Kier alpha value is -3.60. The molecule has 0 fully saturated rings. The van der Waals surface area contributed by atoms with Crippen LogP contribution in [-0.2, 0) is 4.79 Å². The van der Waals surface area contributed by atoms with Crippen LogP contribution in [-0.4, -0.2) is 58.5 Å². The second-order valence-corrected chi connectivity index (χ2v) is 5.78. The first-order valence-electron chi connectivity index (χ1n) is 8.82. The molecular formula is C18H25N7O4. The van der Waals surface area contributed by atoms with Crippen LogP contribution in [0.4, 0.5) is 17.2 Å². The number of ether oxygens (including phenoxy) is 2. The van der Waals surface area contributed by atoms with E-state index in [4.69, 9.17) is 25.1 Å². The second-order valence-electron chi connectivity index (χ2n) is 5.78. The van der Waals surface area contributed by atoms with Gasteiger partial charge in [0.2, 0.25) is 5.88 Å². The molecule has 0 aliphatic rings. The third-order valence-electron chi connectivity index (χ3n) is 3.81. The third kappa shape index (κ3) is 5.45. The molecule has 156 valence electrons. The average molecular weight is 403 g/mol. The summed E-state index contributed by atoms with van der Waals surface area (Å²) in [6, 6.07) is 3.71. The van der Waals surface area contributed by atoms with Crippen LogP contribution in [0.25, 0.3) is 5.65 Å². The van der Waals surface area contributed by atoms with Crippen molar-refractivity contribution in [3.05, 3.63) is 30.2 Å². The van der Waals surface area contributed by atoms with Gasteiger partial charge in [0.15, 0.2) is 11.5 Å². The molecule has 0 unspecified atom stereocenters. The lowest BCUT2D eigenvalue weighted by Gasteiger charge is -2.13. The Labute approximate surface area is 167 Å². The van der Waals surface area contributed by atoms with Gasteiger partial charge in [-0.15, -0.1) is 5.10 Å². The van der Waals surface area contributed by atoms with Crippen molar-refractivity contribution in [1.29, 1.82) is 0 Å². The zero-order valence-electron chi connectivity index (χ0n) is 16.5. The first kappa shape index (κ1) is 21.7. The predicted octanol–water partition coefficient (Wildman–Crippen LogP) is 1.66. The van der Waals surface area contributed by atoms with Crippen LogP contribution in [0.2, 0.25) is 0 Å². The van der Waals surface area contributed by atoms with Crippen LogP contribution < -0.4 is 25.8 Å². The lowest BCUT2D eigenvalue weighted by molar-refractivity contribution is -0.122. The molecule has 3 heterocycles. The first-order chi connectivity index (χ1) is 14.1. The number of nitrogens with zero attached hydrogens (tertiary/aromatic N) is 4. The third-order valence-corrected chi connectivity index (χ3v) is 3.81. The Morgan fingerprint density at radius 3 is 2.69 bits per heavy atom. The molecule has 29 heavy (non-hydrogen) atoms. The van der Waals surface area contributed by atoms with Gasteiger partial charge in [0.25, 0.3) is 6.47 Å². The quantitative estimate of drug-likeness (QED) is 0.323. The van der Waals surface area contributed by atoms with Crippen molar-refractivity contribution >= 4 is 29.3 Å². The lowest BCUT2D eigenvalue weighted by Crippen LogP contribution is -2.07. The molecule has 0 amide bonds. The van der Waals surface area contributed by atoms with Gasteiger partial charge in [0.1, 0.15) is 11.4 Å². The molecule has 0 spiro atoms. The monoisotopic (exact) mass is 403 g/mol. The average Bonchev–Trinajstić information content (AvgIpc) is 3.09. The maximum atomic E-state index is 8.36. The molecule has 3 rings (SSSR count). The number of nitrogens with one attached hydrogen (secondary N) is 2. The number of carbonyl (C=O) groups is 1. The molecule has 0 saturated carbocycles. The van der Waals surface area contributed by atoms with E-state index in [1.165, 1.54) is 0 Å². The van der Waals surface area contributed by atoms with Gasteiger partial charge in [0, 0.05) is 19.2 Å². The van der Waals surface area contributed by atoms with E-state index in [-0.39, 0.29) is 6.47 Å². The summed E-state index contributed by atoms with van der Waals surface area (Å²) in [6.07, 6.45) is 4.18. The van der Waals surface area contributed by atoms with Gasteiger partial charge in [-0.05, 0) is 19.9 Å². The molecule has 0 aliphatic heterocycles. The Bertz CT molecular complexity index is 945. The number of aromatic nitrogens is 4. The molecule has 0 radical (unpaired) electrons.